The molecule has 1 aliphatic heterocycles. The Bertz CT molecular complexity index is 689. The number of anilines is 1. The molecule has 25 heavy (non-hydrogen) atoms. The maximum Gasteiger partial charge on any atom is 0.0806 e. The fraction of sp³-hybridized carbons (Fsp3) is 0.600. The number of morpholine rings is 1. The average Bonchev–Trinajstić information content (AvgIpc) is 2.98. The summed E-state index contributed by atoms with van der Waals surface area (Å²) in [6.07, 6.45) is 4.84. The van der Waals surface area contributed by atoms with Crippen LogP contribution in [0.15, 0.2) is 30.5 Å². The zero-order chi connectivity index (χ0) is 17.9. The predicted molar refractivity (Wildman–Crippen MR) is 105 cm³/mol. The Hall–Kier alpha value is -1.56. The monoisotopic (exact) mass is 345 g/mol. The van der Waals surface area contributed by atoms with Gasteiger partial charge in [0, 0.05) is 49.9 Å². The summed E-state index contributed by atoms with van der Waals surface area (Å²) >= 11 is 0. The number of nitrogens with zero attached hydrogens (tertiary/aromatic N) is 3. The summed E-state index contributed by atoms with van der Waals surface area (Å²) in [5, 5.41) is 1.16. The van der Waals surface area contributed by atoms with Gasteiger partial charge in [0.05, 0.1) is 45.9 Å². The first kappa shape index (κ1) is 18.2. The number of nitrogens with two attached hydrogens (primary N) is 1. The lowest BCUT2D eigenvalue weighted by Gasteiger charge is -2.34. The van der Waals surface area contributed by atoms with Gasteiger partial charge in [-0.25, -0.2) is 0 Å². The second-order valence-corrected chi connectivity index (χ2v) is 8.24. The van der Waals surface area contributed by atoms with Gasteiger partial charge in [-0.15, -0.1) is 0 Å². The van der Waals surface area contributed by atoms with E-state index in [4.69, 9.17) is 10.5 Å². The number of hydrogen-bond acceptors (Lipinski definition) is 3. The summed E-state index contributed by atoms with van der Waals surface area (Å²) in [4.78, 5) is 2.56. The molecule has 0 amide bonds. The van der Waals surface area contributed by atoms with Gasteiger partial charge in [0.25, 0.3) is 0 Å². The highest BCUT2D eigenvalue weighted by Gasteiger charge is 2.22. The van der Waals surface area contributed by atoms with Crippen LogP contribution < -0.4 is 5.73 Å². The van der Waals surface area contributed by atoms with Crippen LogP contribution in [0.3, 0.4) is 0 Å². The lowest BCUT2D eigenvalue weighted by Crippen LogP contribution is -2.45. The van der Waals surface area contributed by atoms with Gasteiger partial charge in [-0.3, -0.25) is 4.90 Å². The Morgan fingerprint density at radius 1 is 1.20 bits per heavy atom. The van der Waals surface area contributed by atoms with Crippen molar-refractivity contribution < 1.29 is 9.22 Å². The van der Waals surface area contributed by atoms with Crippen molar-refractivity contribution in [2.75, 3.05) is 59.7 Å². The van der Waals surface area contributed by atoms with Gasteiger partial charge in [-0.05, 0) is 24.6 Å². The highest BCUT2D eigenvalue weighted by atomic mass is 16.5. The van der Waals surface area contributed by atoms with Gasteiger partial charge in [0.15, 0.2) is 0 Å². The van der Waals surface area contributed by atoms with Crippen LogP contribution in [0, 0.1) is 0 Å². The van der Waals surface area contributed by atoms with E-state index >= 15 is 0 Å². The van der Waals surface area contributed by atoms with E-state index in [0.717, 1.165) is 67.7 Å². The van der Waals surface area contributed by atoms with Crippen molar-refractivity contribution in [3.05, 3.63) is 30.5 Å². The van der Waals surface area contributed by atoms with Crippen LogP contribution in [0.25, 0.3) is 10.9 Å². The molecule has 1 fully saturated rings. The van der Waals surface area contributed by atoms with Gasteiger partial charge in [-0.2, -0.15) is 0 Å². The molecule has 0 spiro atoms. The Morgan fingerprint density at radius 3 is 2.84 bits per heavy atom. The molecular formula is C20H33N4O+. The Kier molecular flexibility index (Phi) is 5.67. The summed E-state index contributed by atoms with van der Waals surface area (Å²) in [6.45, 7) is 6.32. The van der Waals surface area contributed by atoms with E-state index in [9.17, 15) is 0 Å². The molecule has 3 rings (SSSR count). The Balaban J connectivity index is 1.47. The predicted octanol–water partition coefficient (Wildman–Crippen LogP) is 2.41. The van der Waals surface area contributed by atoms with E-state index in [2.05, 4.69) is 48.9 Å². The van der Waals surface area contributed by atoms with E-state index in [1.807, 2.05) is 12.1 Å². The molecule has 1 aliphatic rings. The molecule has 0 aliphatic carbocycles. The smallest absolute Gasteiger partial charge is 0.0806 e. The molecule has 0 bridgehead atoms. The van der Waals surface area contributed by atoms with E-state index in [-0.39, 0.29) is 0 Å². The lowest BCUT2D eigenvalue weighted by molar-refractivity contribution is -0.870. The van der Waals surface area contributed by atoms with Crippen molar-refractivity contribution in [3.8, 4) is 0 Å². The minimum atomic E-state index is 0.387. The van der Waals surface area contributed by atoms with Crippen LogP contribution in [-0.2, 0) is 11.3 Å². The highest BCUT2D eigenvalue weighted by molar-refractivity contribution is 5.91. The van der Waals surface area contributed by atoms with E-state index in [1.54, 1.807) is 0 Å². The summed E-state index contributed by atoms with van der Waals surface area (Å²) in [7, 11) is 6.73. The quantitative estimate of drug-likeness (QED) is 0.619. The van der Waals surface area contributed by atoms with E-state index in [1.165, 1.54) is 5.52 Å². The number of fused-ring (bicyclic) bond motifs is 1. The van der Waals surface area contributed by atoms with Crippen LogP contribution in [0.5, 0.6) is 0 Å². The second-order valence-electron chi connectivity index (χ2n) is 8.24. The van der Waals surface area contributed by atoms with Crippen LogP contribution in [0.1, 0.15) is 12.8 Å². The first-order valence-electron chi connectivity index (χ1n) is 9.40. The third kappa shape index (κ3) is 4.97. The Morgan fingerprint density at radius 2 is 2.04 bits per heavy atom. The Labute approximate surface area is 151 Å². The largest absolute Gasteiger partial charge is 0.398 e. The average molecular weight is 346 g/mol. The molecule has 5 heteroatoms. The number of rotatable bonds is 7. The normalized spacial score (nSPS) is 19.6. The van der Waals surface area contributed by atoms with Crippen molar-refractivity contribution in [2.45, 2.75) is 25.5 Å². The summed E-state index contributed by atoms with van der Waals surface area (Å²) in [5.41, 5.74) is 8.16. The molecule has 1 atom stereocenters. The van der Waals surface area contributed by atoms with Gasteiger partial charge >= 0.3 is 0 Å². The van der Waals surface area contributed by atoms with Crippen LogP contribution in [0.2, 0.25) is 0 Å². The standard InChI is InChI=1S/C20H33N4O/c1-24(2,3)14-9-17-16-22(13-15-25-17)10-5-11-23-12-8-18-19(21)6-4-7-20(18)23/h4,6-8,12,17H,5,9-11,13-16,21H2,1-3H3/q+1. The lowest BCUT2D eigenvalue weighted by atomic mass is 10.2. The number of quaternary nitrogens is 1. The fourth-order valence-electron chi connectivity index (χ4n) is 3.60. The molecule has 2 heterocycles. The van der Waals surface area contributed by atoms with Crippen molar-refractivity contribution in [1.82, 2.24) is 9.47 Å². The topological polar surface area (TPSA) is 43.4 Å². The zero-order valence-electron chi connectivity index (χ0n) is 15.9. The molecule has 1 aromatic carbocycles. The summed E-state index contributed by atoms with van der Waals surface area (Å²) in [5.74, 6) is 0. The summed E-state index contributed by atoms with van der Waals surface area (Å²) in [6, 6.07) is 8.28. The number of aromatic nitrogens is 1. The molecule has 5 nitrogen and oxygen atoms in total. The molecule has 138 valence electrons. The van der Waals surface area contributed by atoms with Gasteiger partial charge in [0.1, 0.15) is 0 Å². The van der Waals surface area contributed by atoms with Gasteiger partial charge in [0.2, 0.25) is 0 Å². The van der Waals surface area contributed by atoms with Gasteiger partial charge < -0.3 is 19.5 Å². The number of hydrogen-bond donors (Lipinski definition) is 1. The SMILES string of the molecule is C[N+](C)(C)CCC1CN(CCCn2ccc3c(N)cccc32)CCO1. The maximum atomic E-state index is 6.05. The minimum Gasteiger partial charge on any atom is -0.398 e. The maximum absolute atomic E-state index is 6.05. The third-order valence-electron chi connectivity index (χ3n) is 5.07. The van der Waals surface area contributed by atoms with Crippen LogP contribution >= 0.6 is 0 Å². The van der Waals surface area contributed by atoms with Crippen molar-refractivity contribution in [2.24, 2.45) is 0 Å². The number of nitrogen functional groups attached to an aromatic ring is 1. The van der Waals surface area contributed by atoms with Crippen LogP contribution in [-0.4, -0.2) is 74.0 Å². The fourth-order valence-corrected chi connectivity index (χ4v) is 3.60. The number of aryl methyl sites for hydroxylation is 1. The number of benzene rings is 1. The molecule has 1 unspecified atom stereocenters. The molecule has 2 N–H and O–H groups in total. The first-order chi connectivity index (χ1) is 11.9. The molecule has 2 aromatic rings. The van der Waals surface area contributed by atoms with Crippen molar-refractivity contribution >= 4 is 16.6 Å². The second kappa shape index (κ2) is 7.77. The molecular weight excluding hydrogens is 312 g/mol. The highest BCUT2D eigenvalue weighted by Crippen LogP contribution is 2.22. The van der Waals surface area contributed by atoms with Crippen molar-refractivity contribution in [1.29, 1.82) is 0 Å². The van der Waals surface area contributed by atoms with Crippen LogP contribution in [0.4, 0.5) is 5.69 Å². The zero-order valence-corrected chi connectivity index (χ0v) is 15.9. The first-order valence-corrected chi connectivity index (χ1v) is 9.40. The third-order valence-corrected chi connectivity index (χ3v) is 5.07. The number of ether oxygens (including phenoxy) is 1. The van der Waals surface area contributed by atoms with E-state index < -0.39 is 0 Å². The van der Waals surface area contributed by atoms with Crippen molar-refractivity contribution in [3.63, 3.8) is 0 Å². The molecule has 1 saturated heterocycles. The van der Waals surface area contributed by atoms with Gasteiger partial charge in [-0.1, -0.05) is 6.07 Å². The summed E-state index contributed by atoms with van der Waals surface area (Å²) < 4.78 is 9.28. The van der Waals surface area contributed by atoms with E-state index in [0.29, 0.717) is 6.10 Å². The molecule has 0 saturated carbocycles. The molecule has 0 radical (unpaired) electrons. The molecule has 1 aromatic heterocycles. The minimum absolute atomic E-state index is 0.387.